The first kappa shape index (κ1) is 13.4. The topological polar surface area (TPSA) is 101 Å². The van der Waals surface area contributed by atoms with E-state index in [9.17, 15) is 8.42 Å². The van der Waals surface area contributed by atoms with Crippen molar-refractivity contribution in [2.75, 3.05) is 10.5 Å². The molecule has 0 fully saturated rings. The molecule has 108 valence electrons. The zero-order valence-electron chi connectivity index (χ0n) is 11.3. The highest BCUT2D eigenvalue weighted by Gasteiger charge is 2.19. The molecule has 2 heterocycles. The van der Waals surface area contributed by atoms with Crippen molar-refractivity contribution in [1.29, 1.82) is 0 Å². The van der Waals surface area contributed by atoms with Gasteiger partial charge in [0.1, 0.15) is 4.90 Å². The average molecular weight is 302 g/mol. The van der Waals surface area contributed by atoms with E-state index in [1.54, 1.807) is 43.6 Å². The van der Waals surface area contributed by atoms with E-state index in [0.29, 0.717) is 22.3 Å². The van der Waals surface area contributed by atoms with Crippen LogP contribution >= 0.6 is 0 Å². The van der Waals surface area contributed by atoms with Crippen molar-refractivity contribution in [2.24, 2.45) is 0 Å². The first-order valence-electron chi connectivity index (χ1n) is 6.27. The second kappa shape index (κ2) is 4.78. The second-order valence-corrected chi connectivity index (χ2v) is 6.40. The Kier molecular flexibility index (Phi) is 3.06. The van der Waals surface area contributed by atoms with Crippen molar-refractivity contribution in [3.63, 3.8) is 0 Å². The number of sulfonamides is 1. The molecular weight excluding hydrogens is 288 g/mol. The molecule has 0 aliphatic heterocycles. The minimum Gasteiger partial charge on any atom is -0.399 e. The number of nitrogens with one attached hydrogen (secondary N) is 2. The Balaban J connectivity index is 2.07. The van der Waals surface area contributed by atoms with Gasteiger partial charge in [-0.2, -0.15) is 0 Å². The molecule has 0 spiro atoms. The Bertz CT molecular complexity index is 916. The predicted molar refractivity (Wildman–Crippen MR) is 82.5 cm³/mol. The van der Waals surface area contributed by atoms with Gasteiger partial charge in [0.25, 0.3) is 10.0 Å². The number of hydrogen-bond donors (Lipinski definition) is 3. The third-order valence-electron chi connectivity index (χ3n) is 3.22. The number of nitrogens with two attached hydrogens (primary N) is 1. The molecular formula is C14H14N4O2S. The highest BCUT2D eigenvalue weighted by Crippen LogP contribution is 2.26. The molecule has 7 heteroatoms. The molecule has 1 aromatic carbocycles. The molecule has 0 aliphatic carbocycles. The number of nitrogen functional groups attached to an aromatic ring is 1. The monoisotopic (exact) mass is 302 g/mol. The van der Waals surface area contributed by atoms with Crippen LogP contribution in [0.2, 0.25) is 0 Å². The summed E-state index contributed by atoms with van der Waals surface area (Å²) in [7, 11) is -3.68. The van der Waals surface area contributed by atoms with Gasteiger partial charge in [0.2, 0.25) is 0 Å². The molecule has 21 heavy (non-hydrogen) atoms. The first-order chi connectivity index (χ1) is 9.97. The van der Waals surface area contributed by atoms with E-state index in [1.807, 2.05) is 0 Å². The van der Waals surface area contributed by atoms with Crippen molar-refractivity contribution in [3.05, 3.63) is 48.4 Å². The number of benzene rings is 1. The maximum Gasteiger partial charge on any atom is 0.264 e. The lowest BCUT2D eigenvalue weighted by Gasteiger charge is -2.09. The van der Waals surface area contributed by atoms with Crippen molar-refractivity contribution in [2.45, 2.75) is 11.8 Å². The van der Waals surface area contributed by atoms with E-state index < -0.39 is 10.0 Å². The van der Waals surface area contributed by atoms with Crippen LogP contribution in [-0.4, -0.2) is 18.4 Å². The SMILES string of the molecule is Cc1cnccc1NS(=O)(=O)c1c[nH]c2cc(N)ccc12. The molecule has 0 atom stereocenters. The van der Waals surface area contributed by atoms with Crippen LogP contribution in [0.4, 0.5) is 11.4 Å². The number of aryl methyl sites for hydroxylation is 1. The third-order valence-corrected chi connectivity index (χ3v) is 4.63. The van der Waals surface area contributed by atoms with Crippen LogP contribution in [-0.2, 0) is 10.0 Å². The number of nitrogens with zero attached hydrogens (tertiary/aromatic N) is 1. The fourth-order valence-electron chi connectivity index (χ4n) is 2.13. The fraction of sp³-hybridized carbons (Fsp3) is 0.0714. The number of pyridine rings is 1. The van der Waals surface area contributed by atoms with Crippen molar-refractivity contribution in [3.8, 4) is 0 Å². The summed E-state index contributed by atoms with van der Waals surface area (Å²) in [5.74, 6) is 0. The normalized spacial score (nSPS) is 11.7. The molecule has 0 radical (unpaired) electrons. The number of aromatic nitrogens is 2. The molecule has 2 aromatic heterocycles. The number of hydrogen-bond acceptors (Lipinski definition) is 4. The van der Waals surface area contributed by atoms with Gasteiger partial charge in [-0.3, -0.25) is 9.71 Å². The van der Waals surface area contributed by atoms with Gasteiger partial charge in [-0.1, -0.05) is 0 Å². The van der Waals surface area contributed by atoms with Crippen LogP contribution in [0.25, 0.3) is 10.9 Å². The molecule has 6 nitrogen and oxygen atoms in total. The highest BCUT2D eigenvalue weighted by atomic mass is 32.2. The summed E-state index contributed by atoms with van der Waals surface area (Å²) in [6.07, 6.45) is 4.61. The van der Waals surface area contributed by atoms with Crippen LogP contribution < -0.4 is 10.5 Å². The molecule has 0 saturated heterocycles. The molecule has 4 N–H and O–H groups in total. The van der Waals surface area contributed by atoms with E-state index in [-0.39, 0.29) is 4.90 Å². The highest BCUT2D eigenvalue weighted by molar-refractivity contribution is 7.93. The molecule has 0 aliphatic rings. The van der Waals surface area contributed by atoms with E-state index in [0.717, 1.165) is 5.56 Å². The van der Waals surface area contributed by atoms with Gasteiger partial charge in [0.05, 0.1) is 5.69 Å². The van der Waals surface area contributed by atoms with Gasteiger partial charge < -0.3 is 10.7 Å². The molecule has 3 aromatic rings. The van der Waals surface area contributed by atoms with Crippen molar-refractivity contribution < 1.29 is 8.42 Å². The summed E-state index contributed by atoms with van der Waals surface area (Å²) in [5, 5.41) is 0.600. The predicted octanol–water partition coefficient (Wildman–Crippen LogP) is 2.25. The summed E-state index contributed by atoms with van der Waals surface area (Å²) in [4.78, 5) is 7.06. The van der Waals surface area contributed by atoms with Crippen LogP contribution in [0.15, 0.2) is 47.8 Å². The van der Waals surface area contributed by atoms with Gasteiger partial charge in [-0.05, 0) is 36.8 Å². The molecule has 0 saturated carbocycles. The third kappa shape index (κ3) is 2.43. The van der Waals surface area contributed by atoms with Gasteiger partial charge in [-0.15, -0.1) is 0 Å². The van der Waals surface area contributed by atoms with Crippen LogP contribution in [0.1, 0.15) is 5.56 Å². The Labute approximate surface area is 122 Å². The lowest BCUT2D eigenvalue weighted by Crippen LogP contribution is -2.13. The van der Waals surface area contributed by atoms with E-state index in [2.05, 4.69) is 14.7 Å². The summed E-state index contributed by atoms with van der Waals surface area (Å²) in [6.45, 7) is 1.79. The van der Waals surface area contributed by atoms with Gasteiger partial charge in [0.15, 0.2) is 0 Å². The standard InChI is InChI=1S/C14H14N4O2S/c1-9-7-16-5-4-12(9)18-21(19,20)14-8-17-13-6-10(15)2-3-11(13)14/h2-8,17H,15H2,1H3,(H,16,18). The Hall–Kier alpha value is -2.54. The number of rotatable bonds is 3. The number of H-pyrrole nitrogens is 1. The Morgan fingerprint density at radius 1 is 1.29 bits per heavy atom. The molecule has 0 bridgehead atoms. The van der Waals surface area contributed by atoms with Crippen LogP contribution in [0.3, 0.4) is 0 Å². The van der Waals surface area contributed by atoms with Crippen molar-refractivity contribution >= 4 is 32.3 Å². The summed E-state index contributed by atoms with van der Waals surface area (Å²) >= 11 is 0. The lowest BCUT2D eigenvalue weighted by molar-refractivity contribution is 0.602. The second-order valence-electron chi connectivity index (χ2n) is 4.75. The van der Waals surface area contributed by atoms with Crippen LogP contribution in [0, 0.1) is 6.92 Å². The van der Waals surface area contributed by atoms with E-state index >= 15 is 0 Å². The molecule has 0 amide bonds. The van der Waals surface area contributed by atoms with Gasteiger partial charge in [-0.25, -0.2) is 8.42 Å². The molecule has 0 unspecified atom stereocenters. The zero-order valence-corrected chi connectivity index (χ0v) is 12.1. The summed E-state index contributed by atoms with van der Waals surface area (Å²) < 4.78 is 27.6. The lowest BCUT2D eigenvalue weighted by atomic mass is 10.2. The Morgan fingerprint density at radius 2 is 2.10 bits per heavy atom. The minimum atomic E-state index is -3.68. The summed E-state index contributed by atoms with van der Waals surface area (Å²) in [6, 6.07) is 6.69. The van der Waals surface area contributed by atoms with Gasteiger partial charge in [0, 0.05) is 35.2 Å². The summed E-state index contributed by atoms with van der Waals surface area (Å²) in [5.41, 5.74) is 8.21. The maximum absolute atomic E-state index is 12.5. The van der Waals surface area contributed by atoms with Gasteiger partial charge >= 0.3 is 0 Å². The number of aromatic amines is 1. The van der Waals surface area contributed by atoms with E-state index in [4.69, 9.17) is 5.73 Å². The number of anilines is 2. The van der Waals surface area contributed by atoms with Crippen LogP contribution in [0.5, 0.6) is 0 Å². The smallest absolute Gasteiger partial charge is 0.264 e. The largest absolute Gasteiger partial charge is 0.399 e. The van der Waals surface area contributed by atoms with Crippen molar-refractivity contribution in [1.82, 2.24) is 9.97 Å². The zero-order chi connectivity index (χ0) is 15.0. The maximum atomic E-state index is 12.5. The first-order valence-corrected chi connectivity index (χ1v) is 7.76. The number of fused-ring (bicyclic) bond motifs is 1. The fourth-order valence-corrected chi connectivity index (χ4v) is 3.44. The Morgan fingerprint density at radius 3 is 2.86 bits per heavy atom. The average Bonchev–Trinajstić information content (AvgIpc) is 2.85. The molecule has 3 rings (SSSR count). The quantitative estimate of drug-likeness (QED) is 0.646. The minimum absolute atomic E-state index is 0.189. The van der Waals surface area contributed by atoms with E-state index in [1.165, 1.54) is 6.20 Å².